The molecule has 1 unspecified atom stereocenters. The molecule has 1 aliphatic rings. The van der Waals surface area contributed by atoms with Gasteiger partial charge in [0.25, 0.3) is 0 Å². The SMILES string of the molecule is O=P(O)(O)C(c1ccccc1)S(=O)(=O)C[C@H]1O[C@@H](n2cnc3c(NCc4ccccc4)ncnc32)[C@H](O)[C@@H]1O. The third kappa shape index (κ3) is 5.58. The number of nitrogens with one attached hydrogen (secondary N) is 1. The van der Waals surface area contributed by atoms with Crippen LogP contribution in [-0.2, 0) is 25.7 Å². The molecule has 5 N–H and O–H groups in total. The number of fused-ring (bicyclic) bond motifs is 1. The molecule has 2 aromatic carbocycles. The van der Waals surface area contributed by atoms with Crippen LogP contribution in [-0.4, -0.2) is 72.0 Å². The zero-order chi connectivity index (χ0) is 27.8. The summed E-state index contributed by atoms with van der Waals surface area (Å²) in [5.74, 6) is -0.528. The van der Waals surface area contributed by atoms with Gasteiger partial charge >= 0.3 is 7.60 Å². The van der Waals surface area contributed by atoms with Gasteiger partial charge in [-0.1, -0.05) is 60.7 Å². The summed E-state index contributed by atoms with van der Waals surface area (Å²) in [6, 6.07) is 16.7. The molecule has 2 aromatic heterocycles. The van der Waals surface area contributed by atoms with E-state index in [0.717, 1.165) is 5.56 Å². The van der Waals surface area contributed by atoms with Crippen LogP contribution in [0.3, 0.4) is 0 Å². The standard InChI is InChI=1S/C24H26N5O8PS/c30-19-17(12-39(35,36)24(38(32,33)34)16-9-5-2-6-10-16)37-23(20(19)31)29-14-28-18-21(26-13-27-22(18)29)25-11-15-7-3-1-4-8-15/h1-10,13-14,17,19-20,23-24,30-31H,11-12H2,(H,25,26,27)(H2,32,33,34)/t17-,19-,20-,23-,24?/m1/s1. The molecule has 0 spiro atoms. The Balaban J connectivity index is 1.38. The Kier molecular flexibility index (Phi) is 7.53. The highest BCUT2D eigenvalue weighted by Gasteiger charge is 2.50. The molecule has 206 valence electrons. The number of ether oxygens (including phenoxy) is 1. The second-order valence-electron chi connectivity index (χ2n) is 9.11. The van der Waals surface area contributed by atoms with Gasteiger partial charge < -0.3 is 30.1 Å². The van der Waals surface area contributed by atoms with Crippen LogP contribution in [0.1, 0.15) is 22.3 Å². The highest BCUT2D eigenvalue weighted by molar-refractivity contribution is 7.97. The number of benzene rings is 2. The Hall–Kier alpha value is -3.23. The predicted octanol–water partition coefficient (Wildman–Crippen LogP) is 1.35. The summed E-state index contributed by atoms with van der Waals surface area (Å²) in [7, 11) is -9.74. The summed E-state index contributed by atoms with van der Waals surface area (Å²) in [6.45, 7) is 0.461. The lowest BCUT2D eigenvalue weighted by Crippen LogP contribution is -2.36. The van der Waals surface area contributed by atoms with E-state index in [1.54, 1.807) is 6.07 Å². The van der Waals surface area contributed by atoms with Gasteiger partial charge in [0.2, 0.25) is 0 Å². The molecule has 4 aromatic rings. The number of anilines is 1. The van der Waals surface area contributed by atoms with E-state index in [-0.39, 0.29) is 11.2 Å². The minimum absolute atomic E-state index is 0.0942. The zero-order valence-electron chi connectivity index (χ0n) is 20.3. The topological polar surface area (TPSA) is 197 Å². The summed E-state index contributed by atoms with van der Waals surface area (Å²) < 4.78 is 45.7. The highest BCUT2D eigenvalue weighted by atomic mass is 32.2. The molecule has 5 rings (SSSR count). The van der Waals surface area contributed by atoms with Crippen molar-refractivity contribution in [3.8, 4) is 0 Å². The van der Waals surface area contributed by atoms with Crippen molar-refractivity contribution in [3.63, 3.8) is 0 Å². The van der Waals surface area contributed by atoms with Crippen molar-refractivity contribution >= 4 is 34.4 Å². The van der Waals surface area contributed by atoms with Gasteiger partial charge in [-0.25, -0.2) is 23.4 Å². The molecular formula is C24H26N5O8PS. The molecule has 0 bridgehead atoms. The lowest BCUT2D eigenvalue weighted by Gasteiger charge is -2.22. The van der Waals surface area contributed by atoms with E-state index in [1.165, 1.54) is 41.5 Å². The van der Waals surface area contributed by atoms with Crippen molar-refractivity contribution < 1.29 is 37.7 Å². The minimum atomic E-state index is -5.17. The Morgan fingerprint density at radius 2 is 1.64 bits per heavy atom. The number of rotatable bonds is 9. The van der Waals surface area contributed by atoms with Crippen LogP contribution in [0.15, 0.2) is 73.3 Å². The van der Waals surface area contributed by atoms with Crippen LogP contribution in [0.2, 0.25) is 0 Å². The van der Waals surface area contributed by atoms with E-state index in [2.05, 4.69) is 20.3 Å². The van der Waals surface area contributed by atoms with Crippen LogP contribution >= 0.6 is 7.60 Å². The van der Waals surface area contributed by atoms with Crippen LogP contribution in [0.4, 0.5) is 5.82 Å². The Morgan fingerprint density at radius 1 is 0.974 bits per heavy atom. The van der Waals surface area contributed by atoms with E-state index in [4.69, 9.17) is 4.74 Å². The molecule has 13 nitrogen and oxygen atoms in total. The van der Waals surface area contributed by atoms with Crippen molar-refractivity contribution in [2.45, 2.75) is 36.1 Å². The van der Waals surface area contributed by atoms with Gasteiger partial charge in [0, 0.05) is 6.54 Å². The number of imidazole rings is 1. The summed E-state index contributed by atoms with van der Waals surface area (Å²) in [5.41, 5.74) is 1.54. The summed E-state index contributed by atoms with van der Waals surface area (Å²) in [6.07, 6.45) is -3.39. The van der Waals surface area contributed by atoms with Crippen LogP contribution < -0.4 is 5.32 Å². The summed E-state index contributed by atoms with van der Waals surface area (Å²) in [4.78, 5) is 30.3. The first-order valence-corrected chi connectivity index (χ1v) is 15.2. The van der Waals surface area contributed by atoms with Gasteiger partial charge in [0.05, 0.1) is 12.1 Å². The maximum Gasteiger partial charge on any atom is 0.348 e. The van der Waals surface area contributed by atoms with Crippen LogP contribution in [0, 0.1) is 0 Å². The number of aliphatic hydroxyl groups excluding tert-OH is 2. The van der Waals surface area contributed by atoms with Crippen LogP contribution in [0.25, 0.3) is 11.2 Å². The van der Waals surface area contributed by atoms with Crippen molar-refractivity contribution in [1.29, 1.82) is 0 Å². The molecular weight excluding hydrogens is 549 g/mol. The molecule has 1 aliphatic heterocycles. The lowest BCUT2D eigenvalue weighted by atomic mass is 10.1. The lowest BCUT2D eigenvalue weighted by molar-refractivity contribution is -0.0292. The van der Waals surface area contributed by atoms with Crippen LogP contribution in [0.5, 0.6) is 0 Å². The first-order chi connectivity index (χ1) is 18.6. The third-order valence-electron chi connectivity index (χ3n) is 6.40. The smallest absolute Gasteiger partial charge is 0.348 e. The Labute approximate surface area is 223 Å². The molecule has 39 heavy (non-hydrogen) atoms. The fourth-order valence-corrected chi connectivity index (χ4v) is 8.57. The van der Waals surface area contributed by atoms with Gasteiger partial charge in [-0.15, -0.1) is 0 Å². The average molecular weight is 576 g/mol. The van der Waals surface area contributed by atoms with Gasteiger partial charge in [0.15, 0.2) is 38.0 Å². The van der Waals surface area contributed by atoms with E-state index in [9.17, 15) is 33.0 Å². The van der Waals surface area contributed by atoms with Gasteiger partial charge in [-0.2, -0.15) is 0 Å². The Morgan fingerprint density at radius 3 is 2.31 bits per heavy atom. The van der Waals surface area contributed by atoms with Crippen molar-refractivity contribution in [2.24, 2.45) is 0 Å². The Bertz CT molecular complexity index is 1600. The average Bonchev–Trinajstić information content (AvgIpc) is 3.44. The fourth-order valence-electron chi connectivity index (χ4n) is 4.59. The second-order valence-corrected chi connectivity index (χ2v) is 13.3. The number of hydrogen-bond acceptors (Lipinski definition) is 10. The van der Waals surface area contributed by atoms with Crippen molar-refractivity contribution in [3.05, 3.63) is 84.4 Å². The molecule has 0 amide bonds. The largest absolute Gasteiger partial charge is 0.387 e. The second kappa shape index (κ2) is 10.7. The van der Waals surface area contributed by atoms with Gasteiger partial charge in [-0.05, 0) is 11.1 Å². The van der Waals surface area contributed by atoms with E-state index in [0.29, 0.717) is 17.9 Å². The molecule has 1 fully saturated rings. The minimum Gasteiger partial charge on any atom is -0.387 e. The van der Waals surface area contributed by atoms with E-state index < -0.39 is 52.7 Å². The monoisotopic (exact) mass is 575 g/mol. The molecule has 0 radical (unpaired) electrons. The number of hydrogen-bond donors (Lipinski definition) is 5. The first-order valence-electron chi connectivity index (χ1n) is 11.8. The number of sulfone groups is 1. The molecule has 3 heterocycles. The number of aromatic nitrogens is 4. The van der Waals surface area contributed by atoms with E-state index in [1.807, 2.05) is 30.3 Å². The van der Waals surface area contributed by atoms with Gasteiger partial charge in [-0.3, -0.25) is 9.13 Å². The number of aliphatic hydroxyl groups is 2. The zero-order valence-corrected chi connectivity index (χ0v) is 22.0. The third-order valence-corrected chi connectivity index (χ3v) is 10.8. The molecule has 15 heteroatoms. The van der Waals surface area contributed by atoms with Gasteiger partial charge in [0.1, 0.15) is 24.6 Å². The van der Waals surface area contributed by atoms with E-state index >= 15 is 0 Å². The maximum atomic E-state index is 13.2. The predicted molar refractivity (Wildman–Crippen MR) is 140 cm³/mol. The molecule has 1 saturated heterocycles. The number of nitrogens with zero attached hydrogens (tertiary/aromatic N) is 4. The molecule has 5 atom stereocenters. The first kappa shape index (κ1) is 27.3. The molecule has 0 aliphatic carbocycles. The molecule has 0 saturated carbocycles. The van der Waals surface area contributed by atoms with Crippen molar-refractivity contribution in [2.75, 3.05) is 11.1 Å². The maximum absolute atomic E-state index is 13.2. The quantitative estimate of drug-likeness (QED) is 0.180. The normalized spacial score (nSPS) is 22.7. The fraction of sp³-hybridized carbons (Fsp3) is 0.292. The van der Waals surface area contributed by atoms with Crippen molar-refractivity contribution in [1.82, 2.24) is 19.5 Å². The summed E-state index contributed by atoms with van der Waals surface area (Å²) in [5, 5.41) is 24.6. The summed E-state index contributed by atoms with van der Waals surface area (Å²) >= 11 is 0. The highest BCUT2D eigenvalue weighted by Crippen LogP contribution is 2.55.